The van der Waals surface area contributed by atoms with Crippen molar-refractivity contribution in [2.75, 3.05) is 46.4 Å². The topological polar surface area (TPSA) is 44.8 Å². The van der Waals surface area contributed by atoms with Gasteiger partial charge < -0.3 is 10.1 Å². The van der Waals surface area contributed by atoms with Crippen LogP contribution in [0.1, 0.15) is 17.5 Å². The molecular weight excluding hydrogens is 386 g/mol. The van der Waals surface area contributed by atoms with E-state index in [1.54, 1.807) is 7.11 Å². The second-order valence-electron chi connectivity index (χ2n) is 7.48. The Morgan fingerprint density at radius 3 is 2.59 bits per heavy atom. The molecule has 5 nitrogen and oxygen atoms in total. The monoisotopic (exact) mass is 415 g/mol. The van der Waals surface area contributed by atoms with Crippen LogP contribution in [0, 0.1) is 0 Å². The van der Waals surface area contributed by atoms with E-state index in [0.717, 1.165) is 61.9 Å². The molecule has 0 aliphatic carbocycles. The van der Waals surface area contributed by atoms with Gasteiger partial charge in [-0.2, -0.15) is 0 Å². The lowest BCUT2D eigenvalue weighted by atomic mass is 10.1. The molecule has 1 aliphatic rings. The molecule has 2 aromatic carbocycles. The first-order valence-corrected chi connectivity index (χ1v) is 10.6. The lowest BCUT2D eigenvalue weighted by Gasteiger charge is -2.21. The molecule has 1 heterocycles. The molecule has 1 saturated heterocycles. The number of hydrogen-bond donors (Lipinski definition) is 1. The molecule has 3 rings (SSSR count). The number of hydrogen-bond acceptors (Lipinski definition) is 4. The van der Waals surface area contributed by atoms with Gasteiger partial charge in [-0.1, -0.05) is 35.9 Å². The maximum atomic E-state index is 12.3. The zero-order valence-corrected chi connectivity index (χ0v) is 17.8. The summed E-state index contributed by atoms with van der Waals surface area (Å²) in [5.74, 6) is 0.945. The quantitative estimate of drug-likeness (QED) is 0.719. The largest absolute Gasteiger partial charge is 0.497 e. The summed E-state index contributed by atoms with van der Waals surface area (Å²) in [4.78, 5) is 17.0. The van der Waals surface area contributed by atoms with Crippen molar-refractivity contribution in [1.29, 1.82) is 0 Å². The normalized spacial score (nSPS) is 15.7. The smallest absolute Gasteiger partial charge is 0.234 e. The second kappa shape index (κ2) is 11.2. The number of nitrogens with one attached hydrogen (secondary N) is 1. The number of halogens is 1. The maximum Gasteiger partial charge on any atom is 0.234 e. The zero-order valence-electron chi connectivity index (χ0n) is 17.1. The van der Waals surface area contributed by atoms with E-state index in [0.29, 0.717) is 13.1 Å². The first-order chi connectivity index (χ1) is 14.1. The van der Waals surface area contributed by atoms with Crippen molar-refractivity contribution >= 4 is 17.5 Å². The Bertz CT molecular complexity index is 782. The third kappa shape index (κ3) is 7.35. The van der Waals surface area contributed by atoms with Gasteiger partial charge in [-0.3, -0.25) is 14.6 Å². The lowest BCUT2D eigenvalue weighted by Crippen LogP contribution is -2.39. The Morgan fingerprint density at radius 1 is 1.03 bits per heavy atom. The van der Waals surface area contributed by atoms with Gasteiger partial charge in [0.2, 0.25) is 5.91 Å². The highest BCUT2D eigenvalue weighted by molar-refractivity contribution is 6.30. The van der Waals surface area contributed by atoms with E-state index in [9.17, 15) is 4.79 Å². The summed E-state index contributed by atoms with van der Waals surface area (Å²) in [6.45, 7) is 5.93. The van der Waals surface area contributed by atoms with Crippen LogP contribution in [0.3, 0.4) is 0 Å². The summed E-state index contributed by atoms with van der Waals surface area (Å²) >= 11 is 5.97. The van der Waals surface area contributed by atoms with Crippen molar-refractivity contribution in [3.8, 4) is 5.75 Å². The second-order valence-corrected chi connectivity index (χ2v) is 7.92. The number of carbonyl (C=O) groups is 1. The summed E-state index contributed by atoms with van der Waals surface area (Å²) in [6, 6.07) is 16.0. The third-order valence-electron chi connectivity index (χ3n) is 5.24. The van der Waals surface area contributed by atoms with E-state index < -0.39 is 0 Å². The molecule has 0 radical (unpaired) electrons. The van der Waals surface area contributed by atoms with Crippen molar-refractivity contribution in [1.82, 2.24) is 15.1 Å². The number of benzene rings is 2. The van der Waals surface area contributed by atoms with Crippen molar-refractivity contribution in [3.05, 3.63) is 64.7 Å². The molecule has 6 heteroatoms. The lowest BCUT2D eigenvalue weighted by molar-refractivity contribution is -0.122. The molecule has 0 bridgehead atoms. The molecule has 29 heavy (non-hydrogen) atoms. The molecule has 1 aliphatic heterocycles. The fourth-order valence-electron chi connectivity index (χ4n) is 3.62. The van der Waals surface area contributed by atoms with Crippen LogP contribution in [0.4, 0.5) is 0 Å². The van der Waals surface area contributed by atoms with Crippen LogP contribution in [0.2, 0.25) is 5.02 Å². The summed E-state index contributed by atoms with van der Waals surface area (Å²) in [7, 11) is 1.67. The van der Waals surface area contributed by atoms with Crippen LogP contribution in [0.15, 0.2) is 48.5 Å². The highest BCUT2D eigenvalue weighted by atomic mass is 35.5. The van der Waals surface area contributed by atoms with E-state index >= 15 is 0 Å². The maximum absolute atomic E-state index is 12.3. The van der Waals surface area contributed by atoms with Gasteiger partial charge in [0.15, 0.2) is 0 Å². The van der Waals surface area contributed by atoms with E-state index in [-0.39, 0.29) is 5.91 Å². The predicted molar refractivity (Wildman–Crippen MR) is 117 cm³/mol. The van der Waals surface area contributed by atoms with Gasteiger partial charge in [0.05, 0.1) is 13.7 Å². The minimum absolute atomic E-state index is 0.0963. The number of amides is 1. The molecule has 0 atom stereocenters. The number of methoxy groups -OCH3 is 1. The van der Waals surface area contributed by atoms with Gasteiger partial charge in [-0.15, -0.1) is 0 Å². The van der Waals surface area contributed by atoms with Crippen LogP contribution >= 0.6 is 11.6 Å². The van der Waals surface area contributed by atoms with Crippen LogP contribution in [-0.2, 0) is 17.8 Å². The van der Waals surface area contributed by atoms with Crippen LogP contribution in [-0.4, -0.2) is 62.1 Å². The SMILES string of the molecule is COc1cccc(CCNC(=O)CN2CCCN(Cc3ccc(Cl)cc3)CC2)c1. The van der Waals surface area contributed by atoms with Crippen LogP contribution in [0.25, 0.3) is 0 Å². The highest BCUT2D eigenvalue weighted by Crippen LogP contribution is 2.14. The highest BCUT2D eigenvalue weighted by Gasteiger charge is 2.17. The molecule has 0 spiro atoms. The van der Waals surface area contributed by atoms with Gasteiger partial charge >= 0.3 is 0 Å². The molecule has 0 saturated carbocycles. The summed E-state index contributed by atoms with van der Waals surface area (Å²) < 4.78 is 5.24. The fraction of sp³-hybridized carbons (Fsp3) is 0.435. The Morgan fingerprint density at radius 2 is 1.79 bits per heavy atom. The molecule has 1 fully saturated rings. The first-order valence-electron chi connectivity index (χ1n) is 10.2. The Labute approximate surface area is 178 Å². The molecule has 0 unspecified atom stereocenters. The first kappa shape index (κ1) is 21.6. The van der Waals surface area contributed by atoms with Gasteiger partial charge in [0, 0.05) is 31.2 Å². The van der Waals surface area contributed by atoms with Crippen molar-refractivity contribution in [2.24, 2.45) is 0 Å². The Hall–Kier alpha value is -2.08. The van der Waals surface area contributed by atoms with Gasteiger partial charge in [-0.25, -0.2) is 0 Å². The number of nitrogens with zero attached hydrogens (tertiary/aromatic N) is 2. The molecule has 1 amide bonds. The molecule has 0 aromatic heterocycles. The molecule has 1 N–H and O–H groups in total. The fourth-order valence-corrected chi connectivity index (χ4v) is 3.75. The summed E-state index contributed by atoms with van der Waals surface area (Å²) in [5.41, 5.74) is 2.44. The average molecular weight is 416 g/mol. The summed E-state index contributed by atoms with van der Waals surface area (Å²) in [6.07, 6.45) is 1.88. The summed E-state index contributed by atoms with van der Waals surface area (Å²) in [5, 5.41) is 3.82. The van der Waals surface area contributed by atoms with Gasteiger partial charge in [0.1, 0.15) is 5.75 Å². The van der Waals surface area contributed by atoms with Gasteiger partial charge in [-0.05, 0) is 61.3 Å². The van der Waals surface area contributed by atoms with E-state index in [1.165, 1.54) is 5.56 Å². The van der Waals surface area contributed by atoms with Crippen molar-refractivity contribution < 1.29 is 9.53 Å². The van der Waals surface area contributed by atoms with E-state index in [2.05, 4.69) is 33.3 Å². The average Bonchev–Trinajstić information content (AvgIpc) is 2.95. The third-order valence-corrected chi connectivity index (χ3v) is 5.49. The van der Waals surface area contributed by atoms with Gasteiger partial charge in [0.25, 0.3) is 0 Å². The standard InChI is InChI=1S/C23H30ClN3O2/c1-29-22-5-2-4-19(16-22)10-11-25-23(28)18-27-13-3-12-26(14-15-27)17-20-6-8-21(24)9-7-20/h2,4-9,16H,3,10-15,17-18H2,1H3,(H,25,28). The minimum atomic E-state index is 0.0963. The molecule has 2 aromatic rings. The number of rotatable bonds is 8. The minimum Gasteiger partial charge on any atom is -0.497 e. The van der Waals surface area contributed by atoms with Crippen LogP contribution in [0.5, 0.6) is 5.75 Å². The Kier molecular flexibility index (Phi) is 8.35. The molecular formula is C23H30ClN3O2. The molecule has 156 valence electrons. The van der Waals surface area contributed by atoms with Crippen molar-refractivity contribution in [3.63, 3.8) is 0 Å². The predicted octanol–water partition coefficient (Wildman–Crippen LogP) is 3.22. The Balaban J connectivity index is 1.37. The van der Waals surface area contributed by atoms with E-state index in [1.807, 2.05) is 30.3 Å². The number of carbonyl (C=O) groups excluding carboxylic acids is 1. The zero-order chi connectivity index (χ0) is 20.5. The van der Waals surface area contributed by atoms with Crippen molar-refractivity contribution in [2.45, 2.75) is 19.4 Å². The van der Waals surface area contributed by atoms with Crippen LogP contribution < -0.4 is 10.1 Å². The number of ether oxygens (including phenoxy) is 1. The van der Waals surface area contributed by atoms with E-state index in [4.69, 9.17) is 16.3 Å².